The molecule has 3 rings (SSSR count). The van der Waals surface area contributed by atoms with E-state index in [-0.39, 0.29) is 23.3 Å². The summed E-state index contributed by atoms with van der Waals surface area (Å²) in [5.41, 5.74) is 0. The molecule has 1 aromatic rings. The third-order valence-corrected chi connectivity index (χ3v) is 6.45. The van der Waals surface area contributed by atoms with E-state index in [1.807, 2.05) is 6.92 Å². The molecule has 2 fully saturated rings. The van der Waals surface area contributed by atoms with Crippen molar-refractivity contribution < 1.29 is 22.4 Å². The van der Waals surface area contributed by atoms with E-state index in [1.54, 1.807) is 21.9 Å². The predicted octanol–water partition coefficient (Wildman–Crippen LogP) is 0.561. The minimum atomic E-state index is -3.06. The summed E-state index contributed by atoms with van der Waals surface area (Å²) >= 11 is 0. The molecule has 0 saturated carbocycles. The van der Waals surface area contributed by atoms with Crippen LogP contribution in [-0.4, -0.2) is 67.7 Å². The lowest BCUT2D eigenvalue weighted by Crippen LogP contribution is -2.52. The maximum absolute atomic E-state index is 12.4. The van der Waals surface area contributed by atoms with Crippen molar-refractivity contribution >= 4 is 21.7 Å². The molecule has 132 valence electrons. The van der Waals surface area contributed by atoms with Gasteiger partial charge in [0, 0.05) is 32.6 Å². The van der Waals surface area contributed by atoms with Gasteiger partial charge in [0.1, 0.15) is 5.76 Å². The highest BCUT2D eigenvalue weighted by atomic mass is 32.2. The summed E-state index contributed by atoms with van der Waals surface area (Å²) in [5.74, 6) is 0.467. The number of aryl methyl sites for hydroxylation is 1. The molecule has 3 heterocycles. The molecule has 0 unspecified atom stereocenters. The number of furan rings is 1. The van der Waals surface area contributed by atoms with Gasteiger partial charge in [-0.3, -0.25) is 9.59 Å². The Morgan fingerprint density at radius 2 is 1.83 bits per heavy atom. The molecular formula is C16H22N2O5S. The van der Waals surface area contributed by atoms with Gasteiger partial charge in [0.2, 0.25) is 5.91 Å². The normalized spacial score (nSPS) is 23.5. The predicted molar refractivity (Wildman–Crippen MR) is 87.3 cm³/mol. The van der Waals surface area contributed by atoms with Crippen molar-refractivity contribution in [3.05, 3.63) is 23.7 Å². The van der Waals surface area contributed by atoms with Crippen molar-refractivity contribution in [3.8, 4) is 0 Å². The van der Waals surface area contributed by atoms with Crippen LogP contribution in [0.2, 0.25) is 0 Å². The van der Waals surface area contributed by atoms with Crippen LogP contribution in [-0.2, 0) is 21.1 Å². The second-order valence-electron chi connectivity index (χ2n) is 6.34. The first-order valence-electron chi connectivity index (χ1n) is 8.27. The number of carbonyl (C=O) groups excluding carboxylic acids is 2. The Kier molecular flexibility index (Phi) is 4.67. The highest BCUT2D eigenvalue weighted by Crippen LogP contribution is 2.22. The molecule has 2 aliphatic heterocycles. The number of hydrogen-bond donors (Lipinski definition) is 0. The lowest BCUT2D eigenvalue weighted by molar-refractivity contribution is -0.136. The SMILES string of the molecule is CCc1ccc(C(=O)N2CCN(C(=O)[C@@H]3CCS(=O)(=O)C3)CC2)o1. The smallest absolute Gasteiger partial charge is 0.289 e. The number of sulfone groups is 1. The zero-order valence-corrected chi connectivity index (χ0v) is 14.5. The zero-order valence-electron chi connectivity index (χ0n) is 13.7. The van der Waals surface area contributed by atoms with E-state index in [4.69, 9.17) is 4.42 Å². The van der Waals surface area contributed by atoms with E-state index in [0.717, 1.165) is 12.2 Å². The Labute approximate surface area is 141 Å². The van der Waals surface area contributed by atoms with Crippen molar-refractivity contribution in [2.24, 2.45) is 5.92 Å². The number of carbonyl (C=O) groups is 2. The fraction of sp³-hybridized carbons (Fsp3) is 0.625. The molecule has 2 saturated heterocycles. The molecule has 2 amide bonds. The first-order chi connectivity index (χ1) is 11.4. The molecule has 1 aromatic heterocycles. The summed E-state index contributed by atoms with van der Waals surface area (Å²) in [6, 6.07) is 3.48. The van der Waals surface area contributed by atoms with Crippen molar-refractivity contribution in [2.75, 3.05) is 37.7 Å². The van der Waals surface area contributed by atoms with Gasteiger partial charge in [-0.1, -0.05) is 6.92 Å². The standard InChI is InChI=1S/C16H22N2O5S/c1-2-13-3-4-14(23-13)16(20)18-8-6-17(7-9-18)15(19)12-5-10-24(21,22)11-12/h3-4,12H,2,5-11H2,1H3/t12-/m1/s1. The monoisotopic (exact) mass is 354 g/mol. The van der Waals surface area contributed by atoms with Gasteiger partial charge < -0.3 is 14.2 Å². The summed E-state index contributed by atoms with van der Waals surface area (Å²) in [6.07, 6.45) is 1.15. The lowest BCUT2D eigenvalue weighted by atomic mass is 10.1. The molecule has 8 heteroatoms. The van der Waals surface area contributed by atoms with Crippen LogP contribution in [0.1, 0.15) is 29.7 Å². The van der Waals surface area contributed by atoms with Crippen LogP contribution < -0.4 is 0 Å². The summed E-state index contributed by atoms with van der Waals surface area (Å²) in [4.78, 5) is 28.2. The Hall–Kier alpha value is -1.83. The maximum Gasteiger partial charge on any atom is 0.289 e. The van der Waals surface area contributed by atoms with Gasteiger partial charge >= 0.3 is 0 Å². The van der Waals surface area contributed by atoms with Crippen molar-refractivity contribution in [1.82, 2.24) is 9.80 Å². The van der Waals surface area contributed by atoms with E-state index in [0.29, 0.717) is 38.4 Å². The van der Waals surface area contributed by atoms with Crippen molar-refractivity contribution in [3.63, 3.8) is 0 Å². The van der Waals surface area contributed by atoms with Crippen LogP contribution in [0.3, 0.4) is 0 Å². The molecule has 0 bridgehead atoms. The second-order valence-corrected chi connectivity index (χ2v) is 8.57. The van der Waals surface area contributed by atoms with Gasteiger partial charge in [0.25, 0.3) is 5.91 Å². The topological polar surface area (TPSA) is 87.9 Å². The summed E-state index contributed by atoms with van der Waals surface area (Å²) < 4.78 is 28.5. The van der Waals surface area contributed by atoms with Gasteiger partial charge in [0.05, 0.1) is 17.4 Å². The largest absolute Gasteiger partial charge is 0.456 e. The van der Waals surface area contributed by atoms with Gasteiger partial charge in [-0.15, -0.1) is 0 Å². The highest BCUT2D eigenvalue weighted by Gasteiger charge is 2.36. The van der Waals surface area contributed by atoms with E-state index in [2.05, 4.69) is 0 Å². The van der Waals surface area contributed by atoms with Crippen LogP contribution in [0.5, 0.6) is 0 Å². The third kappa shape index (κ3) is 3.48. The quantitative estimate of drug-likeness (QED) is 0.791. The van der Waals surface area contributed by atoms with Gasteiger partial charge in [-0.05, 0) is 18.6 Å². The Morgan fingerprint density at radius 1 is 1.17 bits per heavy atom. The second kappa shape index (κ2) is 6.58. The molecule has 0 spiro atoms. The first-order valence-corrected chi connectivity index (χ1v) is 10.1. The number of nitrogens with zero attached hydrogens (tertiary/aromatic N) is 2. The van der Waals surface area contributed by atoms with E-state index >= 15 is 0 Å². The van der Waals surface area contributed by atoms with E-state index in [9.17, 15) is 18.0 Å². The van der Waals surface area contributed by atoms with Crippen LogP contribution in [0.4, 0.5) is 0 Å². The van der Waals surface area contributed by atoms with E-state index < -0.39 is 15.8 Å². The summed E-state index contributed by atoms with van der Waals surface area (Å²) in [7, 11) is -3.06. The summed E-state index contributed by atoms with van der Waals surface area (Å²) in [5, 5.41) is 0. The van der Waals surface area contributed by atoms with Crippen LogP contribution in [0.25, 0.3) is 0 Å². The number of rotatable bonds is 3. The lowest BCUT2D eigenvalue weighted by Gasteiger charge is -2.35. The van der Waals surface area contributed by atoms with Gasteiger partial charge in [-0.2, -0.15) is 0 Å². The van der Waals surface area contributed by atoms with Gasteiger partial charge in [-0.25, -0.2) is 8.42 Å². The average Bonchev–Trinajstić information content (AvgIpc) is 3.20. The fourth-order valence-electron chi connectivity index (χ4n) is 3.22. The maximum atomic E-state index is 12.4. The molecule has 0 N–H and O–H groups in total. The van der Waals surface area contributed by atoms with Gasteiger partial charge in [0.15, 0.2) is 15.6 Å². The third-order valence-electron chi connectivity index (χ3n) is 4.68. The Balaban J connectivity index is 1.55. The van der Waals surface area contributed by atoms with Crippen LogP contribution >= 0.6 is 0 Å². The molecule has 0 radical (unpaired) electrons. The number of piperazine rings is 1. The van der Waals surface area contributed by atoms with E-state index in [1.165, 1.54) is 0 Å². The molecule has 2 aliphatic rings. The zero-order chi connectivity index (χ0) is 17.3. The minimum absolute atomic E-state index is 0.0445. The molecule has 24 heavy (non-hydrogen) atoms. The summed E-state index contributed by atoms with van der Waals surface area (Å²) in [6.45, 7) is 3.70. The number of hydrogen-bond acceptors (Lipinski definition) is 5. The molecular weight excluding hydrogens is 332 g/mol. The molecule has 0 aliphatic carbocycles. The Bertz CT molecular complexity index is 731. The highest BCUT2D eigenvalue weighted by molar-refractivity contribution is 7.91. The number of amides is 2. The first kappa shape index (κ1) is 17.0. The Morgan fingerprint density at radius 3 is 2.38 bits per heavy atom. The van der Waals surface area contributed by atoms with Crippen LogP contribution in [0, 0.1) is 5.92 Å². The van der Waals surface area contributed by atoms with Crippen molar-refractivity contribution in [2.45, 2.75) is 19.8 Å². The molecule has 0 aromatic carbocycles. The minimum Gasteiger partial charge on any atom is -0.456 e. The molecule has 1 atom stereocenters. The van der Waals surface area contributed by atoms with Crippen LogP contribution in [0.15, 0.2) is 16.5 Å². The average molecular weight is 354 g/mol. The van der Waals surface area contributed by atoms with Crippen molar-refractivity contribution in [1.29, 1.82) is 0 Å². The fourth-order valence-corrected chi connectivity index (χ4v) is 4.95. The molecule has 7 nitrogen and oxygen atoms in total.